The van der Waals surface area contributed by atoms with Crippen LogP contribution in [0.3, 0.4) is 0 Å². The van der Waals surface area contributed by atoms with E-state index < -0.39 is 55.8 Å². The Labute approximate surface area is 183 Å². The van der Waals surface area contributed by atoms with Gasteiger partial charge in [0.15, 0.2) is 0 Å². The summed E-state index contributed by atoms with van der Waals surface area (Å²) in [5.41, 5.74) is 0.268. The molecule has 0 spiro atoms. The lowest BCUT2D eigenvalue weighted by Gasteiger charge is -2.22. The predicted molar refractivity (Wildman–Crippen MR) is 99.2 cm³/mol. The number of carbonyl (C=O) groups excluding carboxylic acids is 3. The summed E-state index contributed by atoms with van der Waals surface area (Å²) in [5, 5.41) is 0. The van der Waals surface area contributed by atoms with Gasteiger partial charge in [0.1, 0.15) is 0 Å². The van der Waals surface area contributed by atoms with E-state index in [9.17, 15) is 14.4 Å². The van der Waals surface area contributed by atoms with Crippen molar-refractivity contribution >= 4 is 18.1 Å². The van der Waals surface area contributed by atoms with Crippen molar-refractivity contribution in [2.45, 2.75) is 78.3 Å². The van der Waals surface area contributed by atoms with Crippen LogP contribution in [0.1, 0.15) is 40.5 Å². The molecule has 0 saturated carbocycles. The van der Waals surface area contributed by atoms with Gasteiger partial charge in [-0.1, -0.05) is 13.2 Å². The molecule has 0 aromatic carbocycles. The molecule has 4 atom stereocenters. The summed E-state index contributed by atoms with van der Waals surface area (Å²) in [6.07, 6.45) is -6.12. The van der Waals surface area contributed by atoms with Crippen LogP contribution >= 0.6 is 0 Å². The van der Waals surface area contributed by atoms with E-state index in [4.69, 9.17) is 28.4 Å². The van der Waals surface area contributed by atoms with Crippen LogP contribution in [-0.4, -0.2) is 55.8 Å². The highest BCUT2D eigenvalue weighted by atomic mass is 17.4. The second-order valence-corrected chi connectivity index (χ2v) is 6.70. The van der Waals surface area contributed by atoms with Gasteiger partial charge in [0, 0.05) is 24.0 Å². The standard InChI is InChI=1S/C19H26O13/c1-9(7-15-29-30-15)17(20)25-11(3)23-13(5)27-19(22)28-14(6)24-12(4)26-18(21)10(2)8-16-31-32-16/h11-16H,1-2,7-8H2,3-6H3. The molecule has 0 aromatic rings. The molecule has 4 unspecified atom stereocenters. The Balaban J connectivity index is 1.61. The van der Waals surface area contributed by atoms with Crippen LogP contribution in [0.25, 0.3) is 0 Å². The van der Waals surface area contributed by atoms with Crippen molar-refractivity contribution in [2.75, 3.05) is 0 Å². The third-order valence-corrected chi connectivity index (χ3v) is 3.71. The molecule has 0 amide bonds. The number of esters is 2. The van der Waals surface area contributed by atoms with Crippen LogP contribution in [0.5, 0.6) is 0 Å². The van der Waals surface area contributed by atoms with Crippen LogP contribution in [0.4, 0.5) is 4.79 Å². The van der Waals surface area contributed by atoms with Gasteiger partial charge in [-0.15, -0.1) is 0 Å². The van der Waals surface area contributed by atoms with Crippen molar-refractivity contribution < 1.29 is 62.4 Å². The zero-order chi connectivity index (χ0) is 23.8. The van der Waals surface area contributed by atoms with E-state index in [0.717, 1.165) is 0 Å². The van der Waals surface area contributed by atoms with Gasteiger partial charge in [-0.25, -0.2) is 14.4 Å². The molecule has 2 rings (SSSR count). The van der Waals surface area contributed by atoms with Crippen molar-refractivity contribution in [3.05, 3.63) is 24.3 Å². The first kappa shape index (κ1) is 25.7. The fourth-order valence-corrected chi connectivity index (χ4v) is 2.20. The number of ether oxygens (including phenoxy) is 6. The van der Waals surface area contributed by atoms with Crippen molar-refractivity contribution in [3.8, 4) is 0 Å². The van der Waals surface area contributed by atoms with E-state index >= 15 is 0 Å². The highest BCUT2D eigenvalue weighted by Crippen LogP contribution is 2.22. The fourth-order valence-electron chi connectivity index (χ4n) is 2.20. The molecule has 2 aliphatic heterocycles. The van der Waals surface area contributed by atoms with Crippen molar-refractivity contribution in [1.29, 1.82) is 0 Å². The van der Waals surface area contributed by atoms with E-state index in [-0.39, 0.29) is 24.0 Å². The van der Waals surface area contributed by atoms with E-state index in [2.05, 4.69) is 32.7 Å². The van der Waals surface area contributed by atoms with Crippen molar-refractivity contribution in [3.63, 3.8) is 0 Å². The van der Waals surface area contributed by atoms with Gasteiger partial charge < -0.3 is 28.4 Å². The minimum absolute atomic E-state index is 0.134. The topological polar surface area (TPSA) is 157 Å². The molecule has 2 saturated heterocycles. The molecule has 180 valence electrons. The highest BCUT2D eigenvalue weighted by Gasteiger charge is 2.31. The zero-order valence-electron chi connectivity index (χ0n) is 18.1. The van der Waals surface area contributed by atoms with Crippen molar-refractivity contribution in [1.82, 2.24) is 0 Å². The molecule has 13 heteroatoms. The SMILES string of the molecule is C=C(CC1OO1)C(=O)OC(C)OC(C)OC(=O)OC(C)OC(C)OC(=O)C(=C)CC1OO1. The molecular formula is C19H26O13. The zero-order valence-corrected chi connectivity index (χ0v) is 18.1. The van der Waals surface area contributed by atoms with Crippen LogP contribution in [0.15, 0.2) is 24.3 Å². The lowest BCUT2D eigenvalue weighted by Crippen LogP contribution is -2.30. The summed E-state index contributed by atoms with van der Waals surface area (Å²) in [6, 6.07) is 0. The summed E-state index contributed by atoms with van der Waals surface area (Å²) in [7, 11) is 0. The Kier molecular flexibility index (Phi) is 9.56. The second-order valence-electron chi connectivity index (χ2n) is 6.70. The largest absolute Gasteiger partial charge is 0.512 e. The Morgan fingerprint density at radius 1 is 0.656 bits per heavy atom. The maximum Gasteiger partial charge on any atom is 0.512 e. The minimum atomic E-state index is -1.12. The Morgan fingerprint density at radius 3 is 1.28 bits per heavy atom. The van der Waals surface area contributed by atoms with Gasteiger partial charge in [0.2, 0.25) is 37.7 Å². The number of hydrogen-bond acceptors (Lipinski definition) is 13. The third-order valence-electron chi connectivity index (χ3n) is 3.71. The normalized spacial score (nSPS) is 19.1. The molecule has 2 heterocycles. The molecule has 0 N–H and O–H groups in total. The third kappa shape index (κ3) is 10.2. The maximum atomic E-state index is 11.8. The van der Waals surface area contributed by atoms with Crippen molar-refractivity contribution in [2.24, 2.45) is 0 Å². The molecule has 2 aliphatic rings. The molecule has 0 aliphatic carbocycles. The minimum Gasteiger partial charge on any atom is -0.433 e. The molecule has 2 fully saturated rings. The Hall–Kier alpha value is -2.55. The molecule has 0 radical (unpaired) electrons. The summed E-state index contributed by atoms with van der Waals surface area (Å²) in [6.45, 7) is 12.8. The first-order chi connectivity index (χ1) is 15.0. The van der Waals surface area contributed by atoms with Gasteiger partial charge in [-0.05, 0) is 27.7 Å². The second kappa shape index (κ2) is 11.9. The average Bonchev–Trinajstić information content (AvgIpc) is 3.57. The van der Waals surface area contributed by atoms with Gasteiger partial charge in [0.05, 0.1) is 0 Å². The van der Waals surface area contributed by atoms with Crippen LogP contribution in [0, 0.1) is 0 Å². The van der Waals surface area contributed by atoms with E-state index in [1.807, 2.05) is 0 Å². The van der Waals surface area contributed by atoms with Gasteiger partial charge in [-0.3, -0.25) is 0 Å². The van der Waals surface area contributed by atoms with Gasteiger partial charge in [-0.2, -0.15) is 19.6 Å². The van der Waals surface area contributed by atoms with E-state index in [1.165, 1.54) is 27.7 Å². The van der Waals surface area contributed by atoms with E-state index in [0.29, 0.717) is 0 Å². The number of hydrogen-bond donors (Lipinski definition) is 0. The molecule has 13 nitrogen and oxygen atoms in total. The quantitative estimate of drug-likeness (QED) is 0.0924. The summed E-state index contributed by atoms with van der Waals surface area (Å²) < 4.78 is 30.3. The lowest BCUT2D eigenvalue weighted by atomic mass is 10.2. The predicted octanol–water partition coefficient (Wildman–Crippen LogP) is 2.11. The van der Waals surface area contributed by atoms with Crippen LogP contribution < -0.4 is 0 Å². The number of carbonyl (C=O) groups is 3. The average molecular weight is 462 g/mol. The first-order valence-electron chi connectivity index (χ1n) is 9.63. The van der Waals surface area contributed by atoms with E-state index in [1.54, 1.807) is 0 Å². The van der Waals surface area contributed by atoms with Gasteiger partial charge >= 0.3 is 18.1 Å². The maximum absolute atomic E-state index is 11.8. The summed E-state index contributed by atoms with van der Waals surface area (Å²) in [4.78, 5) is 53.6. The molecule has 0 aromatic heterocycles. The smallest absolute Gasteiger partial charge is 0.433 e. The van der Waals surface area contributed by atoms with Crippen LogP contribution in [0.2, 0.25) is 0 Å². The first-order valence-corrected chi connectivity index (χ1v) is 9.63. The Bertz CT molecular complexity index is 654. The fraction of sp³-hybridized carbons (Fsp3) is 0.632. The van der Waals surface area contributed by atoms with Gasteiger partial charge in [0.25, 0.3) is 0 Å². The molecule has 32 heavy (non-hydrogen) atoms. The monoisotopic (exact) mass is 462 g/mol. The lowest BCUT2D eigenvalue weighted by molar-refractivity contribution is -0.234. The van der Waals surface area contributed by atoms with Crippen LogP contribution in [-0.2, 0) is 57.6 Å². The highest BCUT2D eigenvalue weighted by molar-refractivity contribution is 5.88. The summed E-state index contributed by atoms with van der Waals surface area (Å²) >= 11 is 0. The Morgan fingerprint density at radius 2 is 0.969 bits per heavy atom. The molecule has 0 bridgehead atoms. The number of rotatable bonds is 14. The summed E-state index contributed by atoms with van der Waals surface area (Å²) in [5.74, 6) is -1.42. The molecular weight excluding hydrogens is 436 g/mol.